The Hall–Kier alpha value is -3.02. The maximum absolute atomic E-state index is 12.8. The lowest BCUT2D eigenvalue weighted by molar-refractivity contribution is -0.123. The molecule has 0 aliphatic rings. The number of amides is 1. The van der Waals surface area contributed by atoms with E-state index in [9.17, 15) is 9.18 Å². The Kier molecular flexibility index (Phi) is 4.42. The first-order chi connectivity index (χ1) is 11.2. The van der Waals surface area contributed by atoms with Crippen molar-refractivity contribution in [3.8, 4) is 5.75 Å². The Bertz CT molecular complexity index is 821. The van der Waals surface area contributed by atoms with Crippen LogP contribution in [0.3, 0.4) is 0 Å². The van der Waals surface area contributed by atoms with E-state index in [1.165, 1.54) is 12.1 Å². The Balaban J connectivity index is 1.52. The lowest BCUT2D eigenvalue weighted by Crippen LogP contribution is -2.28. The average Bonchev–Trinajstić information content (AvgIpc) is 2.59. The van der Waals surface area contributed by atoms with Crippen LogP contribution in [-0.2, 0) is 11.3 Å². The minimum absolute atomic E-state index is 0.104. The highest BCUT2D eigenvalue weighted by Gasteiger charge is 2.04. The van der Waals surface area contributed by atoms with Gasteiger partial charge in [-0.05, 0) is 29.8 Å². The third-order valence-electron chi connectivity index (χ3n) is 3.21. The molecule has 1 N–H and O–H groups in total. The van der Waals surface area contributed by atoms with Gasteiger partial charge in [-0.1, -0.05) is 12.1 Å². The number of carbonyl (C=O) groups is 1. The molecule has 3 aromatic rings. The van der Waals surface area contributed by atoms with Crippen molar-refractivity contribution in [1.29, 1.82) is 0 Å². The molecule has 1 amide bonds. The van der Waals surface area contributed by atoms with Crippen LogP contribution in [0.1, 0.15) is 5.56 Å². The Morgan fingerprint density at radius 2 is 1.78 bits per heavy atom. The Labute approximate surface area is 132 Å². The molecule has 3 rings (SSSR count). The van der Waals surface area contributed by atoms with Crippen LogP contribution in [0.2, 0.25) is 0 Å². The molecular weight excluding hydrogens is 297 g/mol. The van der Waals surface area contributed by atoms with Crippen LogP contribution in [0.25, 0.3) is 11.0 Å². The maximum Gasteiger partial charge on any atom is 0.258 e. The minimum atomic E-state index is -0.303. The number of hydrogen-bond acceptors (Lipinski definition) is 4. The van der Waals surface area contributed by atoms with Gasteiger partial charge >= 0.3 is 0 Å². The Morgan fingerprint density at radius 1 is 1.04 bits per heavy atom. The summed E-state index contributed by atoms with van der Waals surface area (Å²) in [6.45, 7) is 0.221. The molecule has 0 spiro atoms. The molecule has 0 bridgehead atoms. The van der Waals surface area contributed by atoms with Crippen molar-refractivity contribution in [3.63, 3.8) is 0 Å². The highest BCUT2D eigenvalue weighted by molar-refractivity contribution is 5.78. The lowest BCUT2D eigenvalue weighted by Gasteiger charge is -2.08. The highest BCUT2D eigenvalue weighted by Crippen LogP contribution is 2.16. The third kappa shape index (κ3) is 4.00. The smallest absolute Gasteiger partial charge is 0.258 e. The summed E-state index contributed by atoms with van der Waals surface area (Å²) in [5, 5.41) is 2.71. The van der Waals surface area contributed by atoms with Crippen molar-refractivity contribution in [2.24, 2.45) is 0 Å². The van der Waals surface area contributed by atoms with Crippen LogP contribution in [0.4, 0.5) is 4.39 Å². The van der Waals surface area contributed by atoms with Crippen LogP contribution in [-0.4, -0.2) is 22.5 Å². The Morgan fingerprint density at radius 3 is 2.57 bits per heavy atom. The number of aromatic nitrogens is 2. The maximum atomic E-state index is 12.8. The molecule has 23 heavy (non-hydrogen) atoms. The molecule has 6 heteroatoms. The molecule has 0 atom stereocenters. The predicted octanol–water partition coefficient (Wildman–Crippen LogP) is 2.46. The van der Waals surface area contributed by atoms with Crippen LogP contribution in [0.5, 0.6) is 5.75 Å². The first-order valence-corrected chi connectivity index (χ1v) is 7.05. The second kappa shape index (κ2) is 6.83. The van der Waals surface area contributed by atoms with Crippen LogP contribution >= 0.6 is 0 Å². The van der Waals surface area contributed by atoms with Crippen LogP contribution in [0.15, 0.2) is 54.9 Å². The summed E-state index contributed by atoms with van der Waals surface area (Å²) in [5.41, 5.74) is 2.29. The predicted molar refractivity (Wildman–Crippen MR) is 83.3 cm³/mol. The summed E-state index contributed by atoms with van der Waals surface area (Å²) in [5.74, 6) is -0.00804. The summed E-state index contributed by atoms with van der Waals surface area (Å²) in [6.07, 6.45) is 3.22. The molecule has 0 radical (unpaired) electrons. The second-order valence-corrected chi connectivity index (χ2v) is 4.90. The van der Waals surface area contributed by atoms with Gasteiger partial charge in [-0.15, -0.1) is 0 Å². The van der Waals surface area contributed by atoms with Gasteiger partial charge in [-0.25, -0.2) is 4.39 Å². The molecule has 0 saturated carbocycles. The molecule has 0 fully saturated rings. The van der Waals surface area contributed by atoms with Crippen molar-refractivity contribution < 1.29 is 13.9 Å². The van der Waals surface area contributed by atoms with E-state index in [1.54, 1.807) is 42.7 Å². The molecule has 0 aliphatic heterocycles. The number of ether oxygens (including phenoxy) is 1. The molecule has 0 saturated heterocycles. The zero-order valence-electron chi connectivity index (χ0n) is 12.2. The van der Waals surface area contributed by atoms with E-state index in [1.807, 2.05) is 0 Å². The molecule has 5 nitrogen and oxygen atoms in total. The zero-order chi connectivity index (χ0) is 16.1. The largest absolute Gasteiger partial charge is 0.484 e. The summed E-state index contributed by atoms with van der Waals surface area (Å²) < 4.78 is 18.2. The van der Waals surface area contributed by atoms with E-state index < -0.39 is 0 Å². The van der Waals surface area contributed by atoms with Gasteiger partial charge in [0.05, 0.1) is 11.0 Å². The number of benzene rings is 2. The van der Waals surface area contributed by atoms with Crippen LogP contribution in [0, 0.1) is 5.82 Å². The zero-order valence-corrected chi connectivity index (χ0v) is 12.2. The molecule has 0 unspecified atom stereocenters. The van der Waals surface area contributed by atoms with E-state index in [2.05, 4.69) is 15.3 Å². The van der Waals surface area contributed by atoms with Crippen molar-refractivity contribution in [3.05, 3.63) is 66.2 Å². The number of fused-ring (bicyclic) bond motifs is 1. The minimum Gasteiger partial charge on any atom is -0.484 e. The molecule has 2 aromatic carbocycles. The first kappa shape index (κ1) is 14.9. The molecule has 0 aliphatic carbocycles. The number of nitrogens with zero attached hydrogens (tertiary/aromatic N) is 2. The van der Waals surface area contributed by atoms with Gasteiger partial charge in [-0.3, -0.25) is 14.8 Å². The lowest BCUT2D eigenvalue weighted by atomic mass is 10.2. The van der Waals surface area contributed by atoms with E-state index >= 15 is 0 Å². The van der Waals surface area contributed by atoms with Gasteiger partial charge in [0.25, 0.3) is 5.91 Å². The molecular formula is C17H14FN3O2. The summed E-state index contributed by atoms with van der Waals surface area (Å²) in [4.78, 5) is 20.1. The second-order valence-electron chi connectivity index (χ2n) is 4.90. The first-order valence-electron chi connectivity index (χ1n) is 7.05. The summed E-state index contributed by atoms with van der Waals surface area (Å²) in [6, 6.07) is 11.2. The average molecular weight is 311 g/mol. The standard InChI is InChI=1S/C17H14FN3O2/c18-13-3-1-12(2-4-13)10-21-17(22)11-23-14-5-6-15-16(9-14)20-8-7-19-15/h1-9H,10-11H2,(H,21,22). The van der Waals surface area contributed by atoms with Gasteiger partial charge in [0.15, 0.2) is 6.61 Å². The van der Waals surface area contributed by atoms with Gasteiger partial charge < -0.3 is 10.1 Å². The van der Waals surface area contributed by atoms with Crippen molar-refractivity contribution in [2.45, 2.75) is 6.54 Å². The molecule has 116 valence electrons. The monoisotopic (exact) mass is 311 g/mol. The van der Waals surface area contributed by atoms with E-state index in [0.29, 0.717) is 17.8 Å². The number of rotatable bonds is 5. The fourth-order valence-electron chi connectivity index (χ4n) is 2.04. The van der Waals surface area contributed by atoms with E-state index in [-0.39, 0.29) is 18.3 Å². The summed E-state index contributed by atoms with van der Waals surface area (Å²) >= 11 is 0. The fourth-order valence-corrected chi connectivity index (χ4v) is 2.04. The topological polar surface area (TPSA) is 64.1 Å². The number of nitrogens with one attached hydrogen (secondary N) is 1. The third-order valence-corrected chi connectivity index (χ3v) is 3.21. The fraction of sp³-hybridized carbons (Fsp3) is 0.118. The number of carbonyl (C=O) groups excluding carboxylic acids is 1. The highest BCUT2D eigenvalue weighted by atomic mass is 19.1. The van der Waals surface area contributed by atoms with Crippen molar-refractivity contribution in [2.75, 3.05) is 6.61 Å². The van der Waals surface area contributed by atoms with E-state index in [0.717, 1.165) is 11.1 Å². The van der Waals surface area contributed by atoms with Crippen LogP contribution < -0.4 is 10.1 Å². The van der Waals surface area contributed by atoms with Gasteiger partial charge in [-0.2, -0.15) is 0 Å². The quantitative estimate of drug-likeness (QED) is 0.786. The van der Waals surface area contributed by atoms with Crippen molar-refractivity contribution in [1.82, 2.24) is 15.3 Å². The summed E-state index contributed by atoms with van der Waals surface area (Å²) in [7, 11) is 0. The number of hydrogen-bond donors (Lipinski definition) is 1. The van der Waals surface area contributed by atoms with Gasteiger partial charge in [0.2, 0.25) is 0 Å². The number of halogens is 1. The molecule has 1 aromatic heterocycles. The van der Waals surface area contributed by atoms with Gasteiger partial charge in [0.1, 0.15) is 11.6 Å². The molecule has 1 heterocycles. The van der Waals surface area contributed by atoms with Crippen molar-refractivity contribution >= 4 is 16.9 Å². The SMILES string of the molecule is O=C(COc1ccc2nccnc2c1)NCc1ccc(F)cc1. The normalized spacial score (nSPS) is 10.5. The van der Waals surface area contributed by atoms with Gasteiger partial charge in [0, 0.05) is 25.0 Å². The van der Waals surface area contributed by atoms with E-state index in [4.69, 9.17) is 4.74 Å².